The van der Waals surface area contributed by atoms with E-state index in [2.05, 4.69) is 29.5 Å². The van der Waals surface area contributed by atoms with E-state index in [4.69, 9.17) is 17.3 Å². The number of amides is 1. The van der Waals surface area contributed by atoms with E-state index >= 15 is 0 Å². The molecule has 1 fully saturated rings. The average Bonchev–Trinajstić information content (AvgIpc) is 3.09. The number of benzene rings is 2. The monoisotopic (exact) mass is 489 g/mol. The second-order valence-electron chi connectivity index (χ2n) is 9.58. The van der Waals surface area contributed by atoms with Crippen LogP contribution in [-0.4, -0.2) is 27.5 Å². The molecule has 2 aromatic carbocycles. The third-order valence-corrected chi connectivity index (χ3v) is 7.47. The highest BCUT2D eigenvalue weighted by molar-refractivity contribution is 6.33. The molecule has 0 atom stereocenters. The summed E-state index contributed by atoms with van der Waals surface area (Å²) >= 11 is 6.09. The first-order valence-electron chi connectivity index (χ1n) is 11.5. The number of hydrogen-bond acceptors (Lipinski definition) is 4. The minimum absolute atomic E-state index is 0.0764. The highest BCUT2D eigenvalue weighted by Crippen LogP contribution is 2.35. The summed E-state index contributed by atoms with van der Waals surface area (Å²) in [5.74, 6) is -0.651. The number of nitrogens with zero attached hydrogens (tertiary/aromatic N) is 2. The number of nitrogens with two attached hydrogens (primary N) is 1. The molecule has 0 radical (unpaired) electrons. The molecule has 1 saturated carbocycles. The molecule has 1 aliphatic carbocycles. The Morgan fingerprint density at radius 2 is 1.97 bits per heavy atom. The number of anilines is 2. The number of hydrogen-bond donors (Lipinski definition) is 3. The fourth-order valence-electron chi connectivity index (χ4n) is 4.56. The van der Waals surface area contributed by atoms with Gasteiger partial charge in [0.25, 0.3) is 5.91 Å². The van der Waals surface area contributed by atoms with Crippen LogP contribution >= 0.6 is 11.6 Å². The van der Waals surface area contributed by atoms with Gasteiger partial charge in [0, 0.05) is 25.2 Å². The largest absolute Gasteiger partial charge is 0.352 e. The van der Waals surface area contributed by atoms with Crippen molar-refractivity contribution in [3.63, 3.8) is 0 Å². The Kier molecular flexibility index (Phi) is 6.82. The fraction of sp³-hybridized carbons (Fsp3) is 0.440. The smallest absolute Gasteiger partial charge is 0.254 e. The first-order valence-corrected chi connectivity index (χ1v) is 11.9. The van der Waals surface area contributed by atoms with Crippen molar-refractivity contribution in [2.75, 3.05) is 11.9 Å². The van der Waals surface area contributed by atoms with Crippen LogP contribution in [0.25, 0.3) is 11.0 Å². The van der Waals surface area contributed by atoms with Gasteiger partial charge in [0.2, 0.25) is 5.95 Å². The van der Waals surface area contributed by atoms with Crippen LogP contribution in [0.2, 0.25) is 5.02 Å². The van der Waals surface area contributed by atoms with Crippen molar-refractivity contribution in [3.05, 3.63) is 52.6 Å². The van der Waals surface area contributed by atoms with Gasteiger partial charge in [-0.25, -0.2) is 13.8 Å². The zero-order valence-electron chi connectivity index (χ0n) is 19.6. The SMILES string of the molecule is CC(C)C1(N)CCC(CNC(=O)c2cc3nc(Nc4c(F)cccc4Cl)n(C)c3cc2F)CC1. The van der Waals surface area contributed by atoms with Crippen LogP contribution in [0.5, 0.6) is 0 Å². The summed E-state index contributed by atoms with van der Waals surface area (Å²) in [6.45, 7) is 4.76. The molecule has 0 aliphatic heterocycles. The van der Waals surface area contributed by atoms with Gasteiger partial charge in [-0.2, -0.15) is 0 Å². The quantitative estimate of drug-likeness (QED) is 0.425. The zero-order chi connectivity index (χ0) is 24.6. The molecule has 0 unspecified atom stereocenters. The van der Waals surface area contributed by atoms with E-state index in [9.17, 15) is 13.6 Å². The molecule has 3 aromatic rings. The van der Waals surface area contributed by atoms with Crippen molar-refractivity contribution in [2.24, 2.45) is 24.6 Å². The summed E-state index contributed by atoms with van der Waals surface area (Å²) in [5.41, 5.74) is 7.21. The maximum absolute atomic E-state index is 14.9. The van der Waals surface area contributed by atoms with Gasteiger partial charge in [-0.15, -0.1) is 0 Å². The Morgan fingerprint density at radius 1 is 1.26 bits per heavy atom. The number of nitrogens with one attached hydrogen (secondary N) is 2. The summed E-state index contributed by atoms with van der Waals surface area (Å²) in [6, 6.07) is 7.01. The number of aryl methyl sites for hydroxylation is 1. The third-order valence-electron chi connectivity index (χ3n) is 7.15. The maximum atomic E-state index is 14.9. The van der Waals surface area contributed by atoms with Gasteiger partial charge < -0.3 is 20.9 Å². The standard InChI is InChI=1S/C25H30ClF2N5O/c1-14(2)25(29)9-7-15(8-10-25)13-30-23(34)16-11-20-21(12-19(16)28)33(3)24(31-20)32-22-17(26)5-4-6-18(22)27/h4-6,11-12,14-15H,7-10,13,29H2,1-3H3,(H,30,34)(H,31,32). The molecule has 1 heterocycles. The van der Waals surface area contributed by atoms with Crippen LogP contribution in [0.4, 0.5) is 20.4 Å². The number of fused-ring (bicyclic) bond motifs is 1. The van der Waals surface area contributed by atoms with Crippen LogP contribution in [0.1, 0.15) is 49.9 Å². The average molecular weight is 490 g/mol. The molecule has 9 heteroatoms. The summed E-state index contributed by atoms with van der Waals surface area (Å²) in [4.78, 5) is 17.2. The highest BCUT2D eigenvalue weighted by Gasteiger charge is 2.34. The number of carbonyl (C=O) groups excluding carboxylic acids is 1. The van der Waals surface area contributed by atoms with Crippen LogP contribution in [0.3, 0.4) is 0 Å². The Morgan fingerprint density at radius 3 is 2.62 bits per heavy atom. The molecular weight excluding hydrogens is 460 g/mol. The Balaban J connectivity index is 1.48. The predicted molar refractivity (Wildman–Crippen MR) is 131 cm³/mol. The molecule has 1 aliphatic rings. The van der Waals surface area contributed by atoms with Gasteiger partial charge >= 0.3 is 0 Å². The number of aromatic nitrogens is 2. The molecule has 0 bridgehead atoms. The second kappa shape index (κ2) is 9.50. The molecule has 0 saturated heterocycles. The highest BCUT2D eigenvalue weighted by atomic mass is 35.5. The minimum Gasteiger partial charge on any atom is -0.352 e. The molecule has 6 nitrogen and oxygen atoms in total. The summed E-state index contributed by atoms with van der Waals surface area (Å²) in [7, 11) is 1.67. The van der Waals surface area contributed by atoms with Crippen molar-refractivity contribution in [3.8, 4) is 0 Å². The Hall–Kier alpha value is -2.71. The molecular formula is C25H30ClF2N5O. The Labute approximate surface area is 202 Å². The van der Waals surface area contributed by atoms with Gasteiger partial charge in [-0.1, -0.05) is 31.5 Å². The van der Waals surface area contributed by atoms with Gasteiger partial charge in [0.05, 0.1) is 27.3 Å². The molecule has 1 aromatic heterocycles. The zero-order valence-corrected chi connectivity index (χ0v) is 20.3. The van der Waals surface area contributed by atoms with Crippen LogP contribution in [0, 0.1) is 23.5 Å². The minimum atomic E-state index is -0.645. The van der Waals surface area contributed by atoms with Gasteiger partial charge in [-0.05, 0) is 55.7 Å². The lowest BCUT2D eigenvalue weighted by molar-refractivity contribution is 0.0932. The van der Waals surface area contributed by atoms with E-state index in [-0.39, 0.29) is 27.8 Å². The first kappa shape index (κ1) is 24.4. The number of para-hydroxylation sites is 1. The van der Waals surface area contributed by atoms with Crippen molar-refractivity contribution >= 4 is 40.2 Å². The first-order chi connectivity index (χ1) is 16.1. The van der Waals surface area contributed by atoms with E-state index in [0.717, 1.165) is 25.7 Å². The molecule has 182 valence electrons. The third kappa shape index (κ3) is 4.74. The fourth-order valence-corrected chi connectivity index (χ4v) is 4.77. The van der Waals surface area contributed by atoms with Crippen molar-refractivity contribution < 1.29 is 13.6 Å². The van der Waals surface area contributed by atoms with E-state index < -0.39 is 17.5 Å². The maximum Gasteiger partial charge on any atom is 0.254 e. The van der Waals surface area contributed by atoms with Crippen molar-refractivity contribution in [1.29, 1.82) is 0 Å². The number of carbonyl (C=O) groups is 1. The predicted octanol–water partition coefficient (Wildman–Crippen LogP) is 5.52. The number of imidazole rings is 1. The molecule has 0 spiro atoms. The van der Waals surface area contributed by atoms with E-state index in [1.807, 2.05) is 0 Å². The van der Waals surface area contributed by atoms with Crippen LogP contribution < -0.4 is 16.4 Å². The van der Waals surface area contributed by atoms with Gasteiger partial charge in [0.1, 0.15) is 11.6 Å². The van der Waals surface area contributed by atoms with Crippen molar-refractivity contribution in [2.45, 2.75) is 45.1 Å². The van der Waals surface area contributed by atoms with Gasteiger partial charge in [0.15, 0.2) is 0 Å². The summed E-state index contributed by atoms with van der Waals surface area (Å²) < 4.78 is 30.6. The van der Waals surface area contributed by atoms with Crippen molar-refractivity contribution in [1.82, 2.24) is 14.9 Å². The molecule has 4 N–H and O–H groups in total. The Bertz CT molecular complexity index is 1200. The lowest BCUT2D eigenvalue weighted by Gasteiger charge is -2.40. The number of rotatable bonds is 6. The van der Waals surface area contributed by atoms with E-state index in [1.165, 1.54) is 24.3 Å². The lowest BCUT2D eigenvalue weighted by Crippen LogP contribution is -2.48. The summed E-state index contributed by atoms with van der Waals surface area (Å²) in [6.07, 6.45) is 3.71. The molecule has 4 rings (SSSR count). The second-order valence-corrected chi connectivity index (χ2v) is 9.99. The van der Waals surface area contributed by atoms with Crippen LogP contribution in [-0.2, 0) is 7.05 Å². The van der Waals surface area contributed by atoms with E-state index in [0.29, 0.717) is 29.4 Å². The van der Waals surface area contributed by atoms with Gasteiger partial charge in [-0.3, -0.25) is 4.79 Å². The lowest BCUT2D eigenvalue weighted by atomic mass is 9.71. The normalized spacial score (nSPS) is 20.6. The summed E-state index contributed by atoms with van der Waals surface area (Å²) in [5, 5.41) is 5.93. The topological polar surface area (TPSA) is 85.0 Å². The molecule has 1 amide bonds. The van der Waals surface area contributed by atoms with Crippen LogP contribution in [0.15, 0.2) is 30.3 Å². The molecule has 34 heavy (non-hydrogen) atoms. The number of halogens is 3. The van der Waals surface area contributed by atoms with E-state index in [1.54, 1.807) is 17.7 Å².